The van der Waals surface area contributed by atoms with Gasteiger partial charge in [-0.1, -0.05) is 18.2 Å². The molecule has 2 rings (SSSR count). The molecule has 0 saturated heterocycles. The highest BCUT2D eigenvalue weighted by molar-refractivity contribution is 7.93. The van der Waals surface area contributed by atoms with Crippen LogP contribution in [0.4, 0.5) is 5.69 Å². The van der Waals surface area contributed by atoms with Crippen molar-refractivity contribution in [3.63, 3.8) is 0 Å². The zero-order valence-electron chi connectivity index (χ0n) is 11.7. The molecule has 1 N–H and O–H groups in total. The van der Waals surface area contributed by atoms with Crippen LogP contribution in [0, 0.1) is 10.1 Å². The van der Waals surface area contributed by atoms with Crippen molar-refractivity contribution in [2.75, 3.05) is 0 Å². The van der Waals surface area contributed by atoms with Crippen LogP contribution in [0.5, 0.6) is 0 Å². The molecule has 0 radical (unpaired) electrons. The van der Waals surface area contributed by atoms with Crippen LogP contribution in [-0.2, 0) is 10.0 Å². The van der Waals surface area contributed by atoms with Crippen LogP contribution >= 0.6 is 0 Å². The highest BCUT2D eigenvalue weighted by Gasteiger charge is 2.12. The van der Waals surface area contributed by atoms with Gasteiger partial charge in [0.2, 0.25) is 0 Å². The summed E-state index contributed by atoms with van der Waals surface area (Å²) < 4.78 is 25.6. The third-order valence-electron chi connectivity index (χ3n) is 2.81. The van der Waals surface area contributed by atoms with E-state index in [2.05, 4.69) is 0 Å². The number of hydrogen-bond donors (Lipinski definition) is 1. The number of nitro groups is 1. The zero-order valence-corrected chi connectivity index (χ0v) is 12.6. The lowest BCUT2D eigenvalue weighted by Crippen LogP contribution is -2.28. The average molecular weight is 332 g/mol. The summed E-state index contributed by atoms with van der Waals surface area (Å²) in [7, 11) is -3.97. The van der Waals surface area contributed by atoms with Crippen molar-refractivity contribution in [2.45, 2.75) is 0 Å². The monoisotopic (exact) mass is 332 g/mol. The molecule has 8 heteroatoms. The van der Waals surface area contributed by atoms with Gasteiger partial charge in [0.05, 0.1) is 10.3 Å². The Morgan fingerprint density at radius 3 is 2.22 bits per heavy atom. The van der Waals surface area contributed by atoms with E-state index in [9.17, 15) is 23.3 Å². The molecule has 2 aromatic rings. The summed E-state index contributed by atoms with van der Waals surface area (Å²) >= 11 is 0. The molecule has 7 nitrogen and oxygen atoms in total. The highest BCUT2D eigenvalue weighted by Crippen LogP contribution is 2.13. The Balaban J connectivity index is 2.08. The minimum absolute atomic E-state index is 0.0950. The van der Waals surface area contributed by atoms with Crippen molar-refractivity contribution >= 4 is 27.7 Å². The van der Waals surface area contributed by atoms with Gasteiger partial charge in [-0.2, -0.15) is 0 Å². The second kappa shape index (κ2) is 6.84. The molecule has 0 spiro atoms. The van der Waals surface area contributed by atoms with E-state index in [4.69, 9.17) is 0 Å². The van der Waals surface area contributed by atoms with Crippen molar-refractivity contribution in [3.05, 3.63) is 81.2 Å². The van der Waals surface area contributed by atoms with Gasteiger partial charge in [-0.25, -0.2) is 13.1 Å². The summed E-state index contributed by atoms with van der Waals surface area (Å²) in [6, 6.07) is 13.3. The van der Waals surface area contributed by atoms with Crippen LogP contribution in [0.15, 0.2) is 60.0 Å². The maximum Gasteiger partial charge on any atom is 0.269 e. The number of nitro benzene ring substituents is 1. The molecule has 0 aliphatic heterocycles. The second-order valence-electron chi connectivity index (χ2n) is 4.49. The number of hydrogen-bond acceptors (Lipinski definition) is 5. The number of carbonyl (C=O) groups is 1. The normalized spacial score (nSPS) is 11.3. The van der Waals surface area contributed by atoms with Crippen LogP contribution in [0.25, 0.3) is 6.08 Å². The molecular weight excluding hydrogens is 320 g/mol. The summed E-state index contributed by atoms with van der Waals surface area (Å²) in [4.78, 5) is 21.8. The number of nitrogens with one attached hydrogen (secondary N) is 1. The maximum absolute atomic E-state index is 11.8. The van der Waals surface area contributed by atoms with Gasteiger partial charge in [-0.15, -0.1) is 0 Å². The van der Waals surface area contributed by atoms with Gasteiger partial charge in [-0.05, 0) is 35.9 Å². The Hall–Kier alpha value is -3.00. The third kappa shape index (κ3) is 4.75. The maximum atomic E-state index is 11.8. The topological polar surface area (TPSA) is 106 Å². The zero-order chi connectivity index (χ0) is 16.9. The van der Waals surface area contributed by atoms with E-state index in [1.807, 2.05) is 4.72 Å². The Morgan fingerprint density at radius 2 is 1.65 bits per heavy atom. The second-order valence-corrected chi connectivity index (χ2v) is 6.06. The fourth-order valence-corrected chi connectivity index (χ4v) is 2.47. The lowest BCUT2D eigenvalue weighted by atomic mass is 10.2. The highest BCUT2D eigenvalue weighted by atomic mass is 32.2. The lowest BCUT2D eigenvalue weighted by Gasteiger charge is -2.03. The van der Waals surface area contributed by atoms with Gasteiger partial charge < -0.3 is 0 Å². The smallest absolute Gasteiger partial charge is 0.268 e. The van der Waals surface area contributed by atoms with Crippen LogP contribution in [0.2, 0.25) is 0 Å². The van der Waals surface area contributed by atoms with Crippen molar-refractivity contribution in [2.24, 2.45) is 0 Å². The summed E-state index contributed by atoms with van der Waals surface area (Å²) in [5, 5.41) is 11.4. The molecule has 0 saturated carbocycles. The summed E-state index contributed by atoms with van der Waals surface area (Å²) in [6.07, 6.45) is 1.24. The molecule has 118 valence electrons. The lowest BCUT2D eigenvalue weighted by molar-refractivity contribution is -0.384. The largest absolute Gasteiger partial charge is 0.269 e. The molecule has 0 aliphatic carbocycles. The Kier molecular flexibility index (Phi) is 4.87. The summed E-state index contributed by atoms with van der Waals surface area (Å²) in [5.74, 6) is -0.737. The molecular formula is C15H12N2O5S. The molecule has 0 fully saturated rings. The van der Waals surface area contributed by atoms with E-state index in [0.29, 0.717) is 5.56 Å². The Labute approximate surface area is 132 Å². The first-order valence-corrected chi connectivity index (χ1v) is 7.97. The average Bonchev–Trinajstić information content (AvgIpc) is 2.54. The Bertz CT molecular complexity index is 843. The fourth-order valence-electron chi connectivity index (χ4n) is 1.69. The van der Waals surface area contributed by atoms with Crippen molar-refractivity contribution < 1.29 is 18.1 Å². The summed E-state index contributed by atoms with van der Waals surface area (Å²) in [6.45, 7) is 0. The molecule has 0 aromatic heterocycles. The molecule has 2 aromatic carbocycles. The van der Waals surface area contributed by atoms with Crippen molar-refractivity contribution in [3.8, 4) is 0 Å². The molecule has 0 bridgehead atoms. The molecule has 23 heavy (non-hydrogen) atoms. The number of nitrogens with zero attached hydrogens (tertiary/aromatic N) is 1. The van der Waals surface area contributed by atoms with Gasteiger partial charge in [0, 0.05) is 17.7 Å². The van der Waals surface area contributed by atoms with E-state index < -0.39 is 20.9 Å². The number of carbonyl (C=O) groups excluding carboxylic acids is 1. The SMILES string of the molecule is O=C(NS(=O)(=O)C=Cc1ccc([N+](=O)[O-])cc1)c1ccccc1. The molecule has 0 unspecified atom stereocenters. The van der Waals surface area contributed by atoms with Gasteiger partial charge in [0.15, 0.2) is 0 Å². The summed E-state index contributed by atoms with van der Waals surface area (Å²) in [5.41, 5.74) is 0.579. The Morgan fingerprint density at radius 1 is 1.04 bits per heavy atom. The number of amides is 1. The standard InChI is InChI=1S/C15H12N2O5S/c18-15(13-4-2-1-3-5-13)16-23(21,22)11-10-12-6-8-14(9-7-12)17(19)20/h1-11H,(H,16,18). The van der Waals surface area contributed by atoms with Crippen LogP contribution in [0.3, 0.4) is 0 Å². The van der Waals surface area contributed by atoms with Gasteiger partial charge in [0.1, 0.15) is 0 Å². The minimum Gasteiger partial charge on any atom is -0.268 e. The first kappa shape index (κ1) is 16.4. The molecule has 0 aliphatic rings. The van der Waals surface area contributed by atoms with Crippen LogP contribution in [0.1, 0.15) is 15.9 Å². The number of benzene rings is 2. The van der Waals surface area contributed by atoms with Gasteiger partial charge in [-0.3, -0.25) is 14.9 Å². The van der Waals surface area contributed by atoms with Crippen molar-refractivity contribution in [1.29, 1.82) is 0 Å². The van der Waals surface area contributed by atoms with Crippen LogP contribution in [-0.4, -0.2) is 19.2 Å². The van der Waals surface area contributed by atoms with E-state index in [0.717, 1.165) is 5.41 Å². The van der Waals surface area contributed by atoms with Crippen molar-refractivity contribution in [1.82, 2.24) is 4.72 Å². The van der Waals surface area contributed by atoms with Gasteiger partial charge in [0.25, 0.3) is 21.6 Å². The van der Waals surface area contributed by atoms with Gasteiger partial charge >= 0.3 is 0 Å². The quantitative estimate of drug-likeness (QED) is 0.668. The third-order valence-corrected chi connectivity index (χ3v) is 3.78. The van der Waals surface area contributed by atoms with E-state index in [1.54, 1.807) is 18.2 Å². The molecule has 0 heterocycles. The number of sulfonamides is 1. The van der Waals surface area contributed by atoms with E-state index >= 15 is 0 Å². The molecule has 0 atom stereocenters. The van der Waals surface area contributed by atoms with E-state index in [-0.39, 0.29) is 11.3 Å². The fraction of sp³-hybridized carbons (Fsp3) is 0. The first-order chi connectivity index (χ1) is 10.9. The van der Waals surface area contributed by atoms with Crippen LogP contribution < -0.4 is 4.72 Å². The number of non-ortho nitro benzene ring substituents is 1. The molecule has 1 amide bonds. The predicted molar refractivity (Wildman–Crippen MR) is 85.0 cm³/mol. The number of rotatable bonds is 5. The first-order valence-electron chi connectivity index (χ1n) is 6.42. The minimum atomic E-state index is -3.97. The van der Waals surface area contributed by atoms with E-state index in [1.165, 1.54) is 42.5 Å². The predicted octanol–water partition coefficient (Wildman–Crippen LogP) is 2.33.